The van der Waals surface area contributed by atoms with Crippen LogP contribution >= 0.6 is 11.8 Å². The first-order chi connectivity index (χ1) is 15.0. The Bertz CT molecular complexity index is 971. The molecule has 1 aliphatic rings. The number of benzene rings is 1. The number of hydrogen-bond acceptors (Lipinski definition) is 7. The van der Waals surface area contributed by atoms with Gasteiger partial charge in [0.05, 0.1) is 25.3 Å². The van der Waals surface area contributed by atoms with E-state index in [4.69, 9.17) is 9.47 Å². The molecular formula is C23H30N4O3S. The van der Waals surface area contributed by atoms with Crippen molar-refractivity contribution in [2.45, 2.75) is 26.3 Å². The number of carbonyl (C=O) groups is 1. The molecule has 0 aliphatic carbocycles. The van der Waals surface area contributed by atoms with E-state index in [2.05, 4.69) is 27.2 Å². The number of nitrogens with zero attached hydrogens (tertiary/aromatic N) is 2. The maximum atomic E-state index is 12.4. The van der Waals surface area contributed by atoms with Gasteiger partial charge in [0.2, 0.25) is 5.95 Å². The summed E-state index contributed by atoms with van der Waals surface area (Å²) in [6.45, 7) is 4.40. The number of fused-ring (bicyclic) bond motifs is 1. The minimum absolute atomic E-state index is 0.0901. The number of rotatable bonds is 7. The Hall–Kier alpha value is -2.58. The smallest absolute Gasteiger partial charge is 0.311 e. The van der Waals surface area contributed by atoms with Gasteiger partial charge in [-0.25, -0.2) is 4.98 Å². The van der Waals surface area contributed by atoms with Crippen molar-refractivity contribution in [2.24, 2.45) is 5.41 Å². The van der Waals surface area contributed by atoms with Crippen LogP contribution in [-0.4, -0.2) is 53.3 Å². The fraction of sp³-hybridized carbons (Fsp3) is 0.435. The van der Waals surface area contributed by atoms with Crippen molar-refractivity contribution in [2.75, 3.05) is 37.6 Å². The van der Waals surface area contributed by atoms with Crippen molar-refractivity contribution in [3.05, 3.63) is 53.9 Å². The van der Waals surface area contributed by atoms with Crippen LogP contribution < -0.4 is 5.32 Å². The standard InChI is InChI=1S/C21H24N4O3.C2H6S/c1-21(8-10-27-13-21)14-28-18(26)11-17-16-7-9-22-19(16)25-20(24-17)23-12-15-5-3-2-4-6-15;1-3-2/h2-7,9H,8,10-14H2,1H3,(H2,22,23,24,25);1-2H3. The first-order valence-electron chi connectivity index (χ1n) is 10.3. The number of anilines is 1. The molecule has 1 unspecified atom stereocenters. The normalized spacial score (nSPS) is 17.8. The van der Waals surface area contributed by atoms with E-state index < -0.39 is 0 Å². The fourth-order valence-electron chi connectivity index (χ4n) is 3.26. The summed E-state index contributed by atoms with van der Waals surface area (Å²) in [7, 11) is 0. The van der Waals surface area contributed by atoms with E-state index in [1.165, 1.54) is 0 Å². The highest BCUT2D eigenvalue weighted by atomic mass is 32.2. The maximum absolute atomic E-state index is 12.4. The van der Waals surface area contributed by atoms with Crippen LogP contribution in [0.5, 0.6) is 0 Å². The molecular weight excluding hydrogens is 412 g/mol. The summed E-state index contributed by atoms with van der Waals surface area (Å²) < 4.78 is 10.9. The third-order valence-electron chi connectivity index (χ3n) is 4.98. The van der Waals surface area contributed by atoms with E-state index in [9.17, 15) is 4.79 Å². The van der Waals surface area contributed by atoms with E-state index in [1.54, 1.807) is 18.0 Å². The highest BCUT2D eigenvalue weighted by Crippen LogP contribution is 2.28. The fourth-order valence-corrected chi connectivity index (χ4v) is 3.26. The van der Waals surface area contributed by atoms with Crippen LogP contribution in [0.2, 0.25) is 0 Å². The number of aromatic amines is 1. The first kappa shape index (κ1) is 23.1. The van der Waals surface area contributed by atoms with E-state index in [1.807, 2.05) is 48.9 Å². The molecule has 0 amide bonds. The lowest BCUT2D eigenvalue weighted by molar-refractivity contribution is -0.146. The predicted octanol–water partition coefficient (Wildman–Crippen LogP) is 4.06. The van der Waals surface area contributed by atoms with Gasteiger partial charge in [-0.05, 0) is 30.6 Å². The van der Waals surface area contributed by atoms with Crippen molar-refractivity contribution < 1.29 is 14.3 Å². The van der Waals surface area contributed by atoms with Gasteiger partial charge in [0, 0.05) is 30.1 Å². The van der Waals surface area contributed by atoms with Crippen LogP contribution in [0.4, 0.5) is 5.95 Å². The second kappa shape index (κ2) is 11.2. The molecule has 0 spiro atoms. The summed E-state index contributed by atoms with van der Waals surface area (Å²) in [6, 6.07) is 11.9. The van der Waals surface area contributed by atoms with Gasteiger partial charge >= 0.3 is 5.97 Å². The SMILES string of the molecule is CC1(COC(=O)Cc2nc(NCc3ccccc3)nc3[nH]ccc23)CCOC1.CSC. The molecule has 166 valence electrons. The lowest BCUT2D eigenvalue weighted by atomic mass is 9.91. The van der Waals surface area contributed by atoms with Crippen LogP contribution in [0.1, 0.15) is 24.6 Å². The van der Waals surface area contributed by atoms with E-state index >= 15 is 0 Å². The summed E-state index contributed by atoms with van der Waals surface area (Å²) in [5.41, 5.74) is 2.39. The first-order valence-corrected chi connectivity index (χ1v) is 11.9. The van der Waals surface area contributed by atoms with Crippen LogP contribution in [0.15, 0.2) is 42.6 Å². The van der Waals surface area contributed by atoms with Crippen molar-refractivity contribution in [3.63, 3.8) is 0 Å². The zero-order valence-electron chi connectivity index (χ0n) is 18.3. The summed E-state index contributed by atoms with van der Waals surface area (Å²) in [5, 5.41) is 4.06. The maximum Gasteiger partial charge on any atom is 0.311 e. The van der Waals surface area contributed by atoms with Gasteiger partial charge < -0.3 is 19.8 Å². The van der Waals surface area contributed by atoms with Crippen LogP contribution in [-0.2, 0) is 27.2 Å². The van der Waals surface area contributed by atoms with Gasteiger partial charge in [0.25, 0.3) is 0 Å². The van der Waals surface area contributed by atoms with Crippen LogP contribution in [0, 0.1) is 5.41 Å². The topological polar surface area (TPSA) is 89.1 Å². The minimum atomic E-state index is -0.289. The number of ether oxygens (including phenoxy) is 2. The summed E-state index contributed by atoms with van der Waals surface area (Å²) in [6.07, 6.45) is 6.89. The zero-order valence-corrected chi connectivity index (χ0v) is 19.1. The lowest BCUT2D eigenvalue weighted by Gasteiger charge is -2.20. The van der Waals surface area contributed by atoms with Gasteiger partial charge in [-0.2, -0.15) is 16.7 Å². The Kier molecular flexibility index (Phi) is 8.31. The van der Waals surface area contributed by atoms with Gasteiger partial charge in [0.15, 0.2) is 0 Å². The molecule has 1 saturated heterocycles. The average Bonchev–Trinajstić information content (AvgIpc) is 3.42. The van der Waals surface area contributed by atoms with Gasteiger partial charge in [0.1, 0.15) is 5.65 Å². The number of hydrogen-bond donors (Lipinski definition) is 2. The highest BCUT2D eigenvalue weighted by molar-refractivity contribution is 7.97. The molecule has 2 N–H and O–H groups in total. The van der Waals surface area contributed by atoms with E-state index in [0.717, 1.165) is 24.0 Å². The summed E-state index contributed by atoms with van der Waals surface area (Å²) in [4.78, 5) is 24.6. The molecule has 1 fully saturated rings. The summed E-state index contributed by atoms with van der Waals surface area (Å²) >= 11 is 1.75. The molecule has 7 nitrogen and oxygen atoms in total. The number of carbonyl (C=O) groups excluding carboxylic acids is 1. The van der Waals surface area contributed by atoms with Crippen molar-refractivity contribution in [1.29, 1.82) is 0 Å². The molecule has 8 heteroatoms. The Morgan fingerprint density at radius 2 is 2.03 bits per heavy atom. The molecule has 1 aliphatic heterocycles. The average molecular weight is 443 g/mol. The van der Waals surface area contributed by atoms with Crippen LogP contribution in [0.3, 0.4) is 0 Å². The Morgan fingerprint density at radius 3 is 2.74 bits per heavy atom. The zero-order chi connectivity index (χ0) is 22.1. The Labute approximate surface area is 187 Å². The van der Waals surface area contributed by atoms with Crippen LogP contribution in [0.25, 0.3) is 11.0 Å². The second-order valence-corrected chi connectivity index (χ2v) is 8.75. The molecule has 0 bridgehead atoms. The number of H-pyrrole nitrogens is 1. The third-order valence-corrected chi connectivity index (χ3v) is 4.98. The van der Waals surface area contributed by atoms with Gasteiger partial charge in [-0.15, -0.1) is 0 Å². The number of nitrogens with one attached hydrogen (secondary N) is 2. The third kappa shape index (κ3) is 6.70. The molecule has 3 aromatic rings. The second-order valence-electron chi connectivity index (χ2n) is 7.93. The molecule has 2 aromatic heterocycles. The molecule has 4 rings (SSSR count). The van der Waals surface area contributed by atoms with Crippen molar-refractivity contribution in [3.8, 4) is 0 Å². The predicted molar refractivity (Wildman–Crippen MR) is 125 cm³/mol. The number of thioether (sulfide) groups is 1. The van der Waals surface area contributed by atoms with Gasteiger partial charge in [-0.3, -0.25) is 4.79 Å². The summed E-state index contributed by atoms with van der Waals surface area (Å²) in [5.74, 6) is 0.195. The monoisotopic (exact) mass is 442 g/mol. The van der Waals surface area contributed by atoms with Gasteiger partial charge in [-0.1, -0.05) is 37.3 Å². The Morgan fingerprint density at radius 1 is 1.26 bits per heavy atom. The van der Waals surface area contributed by atoms with Crippen molar-refractivity contribution in [1.82, 2.24) is 15.0 Å². The number of aromatic nitrogens is 3. The molecule has 0 saturated carbocycles. The molecule has 3 heterocycles. The highest BCUT2D eigenvalue weighted by Gasteiger charge is 2.31. The quantitative estimate of drug-likeness (QED) is 0.533. The van der Waals surface area contributed by atoms with E-state index in [0.29, 0.717) is 37.0 Å². The van der Waals surface area contributed by atoms with E-state index in [-0.39, 0.29) is 17.8 Å². The largest absolute Gasteiger partial charge is 0.465 e. The van der Waals surface area contributed by atoms with Crippen molar-refractivity contribution >= 4 is 34.7 Å². The Balaban J connectivity index is 0.000000858. The lowest BCUT2D eigenvalue weighted by Crippen LogP contribution is -2.26. The minimum Gasteiger partial charge on any atom is -0.465 e. The molecule has 1 atom stereocenters. The molecule has 31 heavy (non-hydrogen) atoms. The molecule has 1 aromatic carbocycles. The molecule has 0 radical (unpaired) electrons. The number of esters is 1.